The van der Waals surface area contributed by atoms with Crippen molar-refractivity contribution in [2.24, 2.45) is 5.41 Å². The van der Waals surface area contributed by atoms with E-state index in [0.29, 0.717) is 5.75 Å². The first-order chi connectivity index (χ1) is 12.0. The number of aliphatic hydroxyl groups excluding tert-OH is 1. The molecule has 25 heavy (non-hydrogen) atoms. The first-order valence-electron chi connectivity index (χ1n) is 8.84. The van der Waals surface area contributed by atoms with Crippen molar-refractivity contribution in [1.29, 1.82) is 0 Å². The van der Waals surface area contributed by atoms with E-state index in [1.54, 1.807) is 31.4 Å². The Balaban J connectivity index is 1.54. The Morgan fingerprint density at radius 2 is 1.76 bits per heavy atom. The third-order valence-electron chi connectivity index (χ3n) is 5.20. The van der Waals surface area contributed by atoms with Gasteiger partial charge in [0.25, 0.3) is 0 Å². The molecule has 1 saturated heterocycles. The molecule has 1 atom stereocenters. The van der Waals surface area contributed by atoms with Crippen LogP contribution in [0.3, 0.4) is 0 Å². The third-order valence-corrected chi connectivity index (χ3v) is 5.20. The molecule has 1 spiro atoms. The van der Waals surface area contributed by atoms with Crippen LogP contribution >= 0.6 is 0 Å². The van der Waals surface area contributed by atoms with Crippen molar-refractivity contribution in [1.82, 2.24) is 4.90 Å². The summed E-state index contributed by atoms with van der Waals surface area (Å²) in [6.07, 6.45) is 4.07. The summed E-state index contributed by atoms with van der Waals surface area (Å²) in [5, 5.41) is 10.2. The molecule has 1 aromatic rings. The van der Waals surface area contributed by atoms with Crippen LogP contribution in [-0.4, -0.2) is 48.2 Å². The number of amides is 2. The number of benzene rings is 1. The van der Waals surface area contributed by atoms with Gasteiger partial charge in [-0.15, -0.1) is 0 Å². The molecule has 0 bridgehead atoms. The highest BCUT2D eigenvalue weighted by Crippen LogP contribution is 2.45. The Labute approximate surface area is 147 Å². The molecular formula is C19H25NO5. The topological polar surface area (TPSA) is 76.1 Å². The second-order valence-corrected chi connectivity index (χ2v) is 6.97. The van der Waals surface area contributed by atoms with Crippen LogP contribution in [0.25, 0.3) is 0 Å². The Bertz CT molecular complexity index is 621. The molecule has 6 heteroatoms. The summed E-state index contributed by atoms with van der Waals surface area (Å²) >= 11 is 0. The van der Waals surface area contributed by atoms with Crippen molar-refractivity contribution in [3.63, 3.8) is 0 Å². The van der Waals surface area contributed by atoms with Crippen molar-refractivity contribution >= 4 is 11.8 Å². The molecule has 1 heterocycles. The van der Waals surface area contributed by atoms with Gasteiger partial charge in [0.05, 0.1) is 19.1 Å². The van der Waals surface area contributed by atoms with Gasteiger partial charge in [0, 0.05) is 6.42 Å². The van der Waals surface area contributed by atoms with Crippen molar-refractivity contribution in [2.45, 2.75) is 44.6 Å². The summed E-state index contributed by atoms with van der Waals surface area (Å²) in [6.45, 7) is 0.0198. The number of methoxy groups -OCH3 is 1. The predicted molar refractivity (Wildman–Crippen MR) is 91.4 cm³/mol. The van der Waals surface area contributed by atoms with Crippen LogP contribution in [0.2, 0.25) is 0 Å². The summed E-state index contributed by atoms with van der Waals surface area (Å²) in [6, 6.07) is 7.02. The van der Waals surface area contributed by atoms with Gasteiger partial charge < -0.3 is 14.6 Å². The molecule has 6 nitrogen and oxygen atoms in total. The van der Waals surface area contributed by atoms with Crippen LogP contribution in [0.4, 0.5) is 0 Å². The van der Waals surface area contributed by atoms with E-state index in [-0.39, 0.29) is 31.4 Å². The monoisotopic (exact) mass is 347 g/mol. The largest absolute Gasteiger partial charge is 0.497 e. The summed E-state index contributed by atoms with van der Waals surface area (Å²) in [5.41, 5.74) is -0.508. The van der Waals surface area contributed by atoms with Gasteiger partial charge in [-0.25, -0.2) is 0 Å². The maximum absolute atomic E-state index is 12.7. The minimum atomic E-state index is -0.909. The average Bonchev–Trinajstić information content (AvgIpc) is 2.85. The highest BCUT2D eigenvalue weighted by atomic mass is 16.5. The molecule has 0 aromatic heterocycles. The summed E-state index contributed by atoms with van der Waals surface area (Å²) < 4.78 is 10.6. The van der Waals surface area contributed by atoms with E-state index in [2.05, 4.69) is 0 Å². The molecular weight excluding hydrogens is 322 g/mol. The first kappa shape index (κ1) is 17.7. The molecule has 2 aliphatic rings. The van der Waals surface area contributed by atoms with Gasteiger partial charge in [-0.3, -0.25) is 14.5 Å². The van der Waals surface area contributed by atoms with Crippen molar-refractivity contribution in [2.75, 3.05) is 20.3 Å². The Morgan fingerprint density at radius 1 is 1.12 bits per heavy atom. The zero-order valence-corrected chi connectivity index (χ0v) is 14.6. The van der Waals surface area contributed by atoms with E-state index in [4.69, 9.17) is 9.47 Å². The van der Waals surface area contributed by atoms with Gasteiger partial charge >= 0.3 is 0 Å². The van der Waals surface area contributed by atoms with Crippen LogP contribution in [0.5, 0.6) is 11.5 Å². The smallest absolute Gasteiger partial charge is 0.235 e. The zero-order valence-electron chi connectivity index (χ0n) is 14.6. The normalized spacial score (nSPS) is 20.8. The average molecular weight is 347 g/mol. The lowest BCUT2D eigenvalue weighted by Gasteiger charge is -2.30. The van der Waals surface area contributed by atoms with Crippen LogP contribution in [0.15, 0.2) is 24.3 Å². The first-order valence-corrected chi connectivity index (χ1v) is 8.84. The number of ether oxygens (including phenoxy) is 2. The molecule has 0 unspecified atom stereocenters. The molecule has 2 amide bonds. The molecule has 1 N–H and O–H groups in total. The Morgan fingerprint density at radius 3 is 2.40 bits per heavy atom. The number of likely N-dealkylation sites (tertiary alicyclic amines) is 1. The molecule has 1 aromatic carbocycles. The second kappa shape index (κ2) is 7.44. The van der Waals surface area contributed by atoms with E-state index in [9.17, 15) is 14.7 Å². The molecule has 1 saturated carbocycles. The van der Waals surface area contributed by atoms with Crippen LogP contribution in [0.1, 0.15) is 38.5 Å². The van der Waals surface area contributed by atoms with E-state index in [1.807, 2.05) is 0 Å². The molecule has 136 valence electrons. The fraction of sp³-hybridized carbons (Fsp3) is 0.579. The Hall–Kier alpha value is -2.08. The lowest BCUT2D eigenvalue weighted by molar-refractivity contribution is -0.144. The minimum absolute atomic E-state index is 0.00439. The highest BCUT2D eigenvalue weighted by molar-refractivity contribution is 6.05. The van der Waals surface area contributed by atoms with Gasteiger partial charge in [0.2, 0.25) is 11.8 Å². The fourth-order valence-electron chi connectivity index (χ4n) is 3.79. The number of hydrogen-bond donors (Lipinski definition) is 1. The molecule has 1 aliphatic heterocycles. The van der Waals surface area contributed by atoms with E-state index in [1.165, 1.54) is 4.90 Å². The minimum Gasteiger partial charge on any atom is -0.497 e. The number of nitrogens with zero attached hydrogens (tertiary/aromatic N) is 1. The maximum atomic E-state index is 12.7. The van der Waals surface area contributed by atoms with E-state index < -0.39 is 11.5 Å². The Kier molecular flexibility index (Phi) is 5.27. The molecule has 2 fully saturated rings. The SMILES string of the molecule is COc1ccc(OC[C@@H](O)CN2C(=O)CC3(CCCCC3)C2=O)cc1. The fourth-order valence-corrected chi connectivity index (χ4v) is 3.79. The van der Waals surface area contributed by atoms with Crippen molar-refractivity contribution < 1.29 is 24.2 Å². The standard InChI is InChI=1S/C19H25NO5/c1-24-15-5-7-16(8-6-15)25-13-14(21)12-20-17(22)11-19(18(20)23)9-3-2-4-10-19/h5-8,14,21H,2-4,9-13H2,1H3/t14-/m0/s1. The van der Waals surface area contributed by atoms with Gasteiger partial charge in [-0.05, 0) is 37.1 Å². The summed E-state index contributed by atoms with van der Waals surface area (Å²) in [7, 11) is 1.59. The van der Waals surface area contributed by atoms with E-state index >= 15 is 0 Å². The molecule has 3 rings (SSSR count). The lowest BCUT2D eigenvalue weighted by Crippen LogP contribution is -2.42. The van der Waals surface area contributed by atoms with Crippen molar-refractivity contribution in [3.8, 4) is 11.5 Å². The van der Waals surface area contributed by atoms with Gasteiger partial charge in [0.15, 0.2) is 0 Å². The quantitative estimate of drug-likeness (QED) is 0.798. The number of carbonyl (C=O) groups excluding carboxylic acids is 2. The molecule has 0 radical (unpaired) electrons. The summed E-state index contributed by atoms with van der Waals surface area (Å²) in [5.74, 6) is 1.04. The predicted octanol–water partition coefficient (Wildman–Crippen LogP) is 2.14. The maximum Gasteiger partial charge on any atom is 0.235 e. The second-order valence-electron chi connectivity index (χ2n) is 6.97. The van der Waals surface area contributed by atoms with Gasteiger partial charge in [0.1, 0.15) is 24.2 Å². The zero-order chi connectivity index (χ0) is 17.9. The van der Waals surface area contributed by atoms with Crippen LogP contribution < -0.4 is 9.47 Å². The van der Waals surface area contributed by atoms with Gasteiger partial charge in [-0.1, -0.05) is 19.3 Å². The van der Waals surface area contributed by atoms with E-state index in [0.717, 1.165) is 37.9 Å². The molecule has 1 aliphatic carbocycles. The van der Waals surface area contributed by atoms with Gasteiger partial charge in [-0.2, -0.15) is 0 Å². The number of rotatable bonds is 6. The number of aliphatic hydroxyl groups is 1. The highest BCUT2D eigenvalue weighted by Gasteiger charge is 2.51. The van der Waals surface area contributed by atoms with Crippen molar-refractivity contribution in [3.05, 3.63) is 24.3 Å². The summed E-state index contributed by atoms with van der Waals surface area (Å²) in [4.78, 5) is 26.2. The van der Waals surface area contributed by atoms with Crippen LogP contribution in [-0.2, 0) is 9.59 Å². The third kappa shape index (κ3) is 3.79. The lowest BCUT2D eigenvalue weighted by atomic mass is 9.73. The number of β-amino-alcohol motifs (C(OH)–C–C–N with tert-alkyl or cyclic N) is 1. The van der Waals surface area contributed by atoms with Crippen LogP contribution in [0, 0.1) is 5.41 Å². The number of imide groups is 1. The number of carbonyl (C=O) groups is 2. The number of hydrogen-bond acceptors (Lipinski definition) is 5.